The van der Waals surface area contributed by atoms with Crippen molar-refractivity contribution < 1.29 is 4.42 Å². The van der Waals surface area contributed by atoms with Gasteiger partial charge in [-0.3, -0.25) is 0 Å². The highest BCUT2D eigenvalue weighted by atomic mass is 35.5. The number of rotatable bonds is 7. The molecule has 0 radical (unpaired) electrons. The van der Waals surface area contributed by atoms with Gasteiger partial charge in [-0.1, -0.05) is 54.6 Å². The number of anilines is 2. The van der Waals surface area contributed by atoms with Crippen LogP contribution in [0.15, 0.2) is 129 Å². The standard InChI is InChI=1S/C27H24ClN7O/c1-19(31-22-8-4-2-5-9-22)32-27(33-23-10-6-3-7-11-23)34-26(29)35-30-18-24-16-17-25(36-24)20-12-14-21(28)15-13-20/h2-18,31H,1H2,(H4,29,32,33,34,35)/b30-18+. The average molecular weight is 498 g/mol. The van der Waals surface area contributed by atoms with E-state index in [0.29, 0.717) is 22.4 Å². The predicted octanol–water partition coefficient (Wildman–Crippen LogP) is 5.89. The summed E-state index contributed by atoms with van der Waals surface area (Å²) in [4.78, 5) is 8.74. The van der Waals surface area contributed by atoms with Crippen LogP contribution in [0.5, 0.6) is 0 Å². The second kappa shape index (κ2) is 12.0. The Morgan fingerprint density at radius 2 is 1.44 bits per heavy atom. The third-order valence-corrected chi connectivity index (χ3v) is 4.94. The van der Waals surface area contributed by atoms with Crippen LogP contribution in [0.4, 0.5) is 11.4 Å². The number of hydrazone groups is 1. The lowest BCUT2D eigenvalue weighted by Crippen LogP contribution is -2.30. The smallest absolute Gasteiger partial charge is 0.232 e. The molecule has 1 heterocycles. The highest BCUT2D eigenvalue weighted by Crippen LogP contribution is 2.23. The van der Waals surface area contributed by atoms with Crippen LogP contribution >= 0.6 is 11.6 Å². The van der Waals surface area contributed by atoms with Gasteiger partial charge in [0.05, 0.1) is 6.21 Å². The SMILES string of the molecule is C=C(N=C(N=C(N)N/N=C/c1ccc(-c2ccc(Cl)cc2)o1)Nc1ccccc1)Nc1ccccc1. The van der Waals surface area contributed by atoms with Crippen molar-refractivity contribution in [2.24, 2.45) is 20.8 Å². The fraction of sp³-hybridized carbons (Fsp3) is 0. The van der Waals surface area contributed by atoms with Crippen molar-refractivity contribution >= 4 is 41.1 Å². The number of benzene rings is 3. The Morgan fingerprint density at radius 1 is 0.806 bits per heavy atom. The third-order valence-electron chi connectivity index (χ3n) is 4.69. The molecular weight excluding hydrogens is 474 g/mol. The minimum Gasteiger partial charge on any atom is -0.455 e. The van der Waals surface area contributed by atoms with Gasteiger partial charge < -0.3 is 20.8 Å². The van der Waals surface area contributed by atoms with Gasteiger partial charge in [0.1, 0.15) is 17.3 Å². The first-order valence-electron chi connectivity index (χ1n) is 11.0. The van der Waals surface area contributed by atoms with E-state index in [1.165, 1.54) is 6.21 Å². The Bertz CT molecular complexity index is 1380. The van der Waals surface area contributed by atoms with E-state index < -0.39 is 0 Å². The molecule has 0 fully saturated rings. The van der Waals surface area contributed by atoms with Crippen LogP contribution in [0.1, 0.15) is 5.76 Å². The van der Waals surface area contributed by atoms with Crippen molar-refractivity contribution in [3.63, 3.8) is 0 Å². The Balaban J connectivity index is 1.44. The van der Waals surface area contributed by atoms with Crippen molar-refractivity contribution in [3.05, 3.63) is 120 Å². The fourth-order valence-electron chi connectivity index (χ4n) is 3.07. The van der Waals surface area contributed by atoms with Crippen LogP contribution in [0.3, 0.4) is 0 Å². The molecule has 5 N–H and O–H groups in total. The number of aliphatic imine (C=N–C) groups is 2. The van der Waals surface area contributed by atoms with Gasteiger partial charge in [0.15, 0.2) is 0 Å². The molecule has 4 aromatic rings. The molecule has 36 heavy (non-hydrogen) atoms. The van der Waals surface area contributed by atoms with Crippen molar-refractivity contribution in [1.82, 2.24) is 5.43 Å². The number of halogens is 1. The maximum absolute atomic E-state index is 6.04. The maximum Gasteiger partial charge on any atom is 0.232 e. The van der Waals surface area contributed by atoms with Gasteiger partial charge in [0.25, 0.3) is 0 Å². The van der Waals surface area contributed by atoms with Crippen LogP contribution < -0.4 is 21.8 Å². The fourth-order valence-corrected chi connectivity index (χ4v) is 3.19. The summed E-state index contributed by atoms with van der Waals surface area (Å²) in [6, 6.07) is 30.1. The summed E-state index contributed by atoms with van der Waals surface area (Å²) >= 11 is 5.94. The number of para-hydroxylation sites is 2. The predicted molar refractivity (Wildman–Crippen MR) is 148 cm³/mol. The van der Waals surface area contributed by atoms with Gasteiger partial charge in [-0.25, -0.2) is 5.43 Å². The van der Waals surface area contributed by atoms with E-state index in [1.54, 1.807) is 18.2 Å². The molecule has 0 saturated carbocycles. The molecule has 4 rings (SSSR count). The van der Waals surface area contributed by atoms with Crippen molar-refractivity contribution in [2.75, 3.05) is 10.6 Å². The van der Waals surface area contributed by atoms with E-state index in [0.717, 1.165) is 16.9 Å². The minimum absolute atomic E-state index is 0.0189. The quantitative estimate of drug-likeness (QED) is 0.144. The summed E-state index contributed by atoms with van der Waals surface area (Å²) in [7, 11) is 0. The molecule has 180 valence electrons. The van der Waals surface area contributed by atoms with Gasteiger partial charge >= 0.3 is 0 Å². The zero-order valence-corrected chi connectivity index (χ0v) is 20.0. The van der Waals surface area contributed by atoms with Crippen LogP contribution in [0.2, 0.25) is 5.02 Å². The van der Waals surface area contributed by atoms with Gasteiger partial charge in [-0.15, -0.1) is 0 Å². The molecule has 0 aliphatic rings. The number of hydrogen-bond acceptors (Lipinski definition) is 4. The second-order valence-electron chi connectivity index (χ2n) is 7.44. The van der Waals surface area contributed by atoms with Crippen molar-refractivity contribution in [2.45, 2.75) is 0 Å². The summed E-state index contributed by atoms with van der Waals surface area (Å²) in [6.07, 6.45) is 1.50. The molecule has 0 aliphatic carbocycles. The van der Waals surface area contributed by atoms with E-state index in [-0.39, 0.29) is 11.9 Å². The number of furan rings is 1. The molecule has 0 atom stereocenters. The maximum atomic E-state index is 6.04. The normalized spacial score (nSPS) is 11.9. The van der Waals surface area contributed by atoms with E-state index in [2.05, 4.69) is 37.7 Å². The highest BCUT2D eigenvalue weighted by molar-refractivity contribution is 6.30. The number of nitrogens with two attached hydrogens (primary N) is 1. The van der Waals surface area contributed by atoms with Crippen molar-refractivity contribution in [3.8, 4) is 11.3 Å². The number of guanidine groups is 2. The Hall–Kier alpha value is -4.82. The molecule has 0 unspecified atom stereocenters. The average Bonchev–Trinajstić information content (AvgIpc) is 3.34. The summed E-state index contributed by atoms with van der Waals surface area (Å²) in [5.74, 6) is 1.85. The van der Waals surface area contributed by atoms with Crippen molar-refractivity contribution in [1.29, 1.82) is 0 Å². The van der Waals surface area contributed by atoms with Gasteiger partial charge in [-0.2, -0.15) is 15.1 Å². The van der Waals surface area contributed by atoms with Crippen LogP contribution in [0.25, 0.3) is 11.3 Å². The van der Waals surface area contributed by atoms with Gasteiger partial charge in [-0.05, 0) is 60.7 Å². The first-order chi connectivity index (χ1) is 17.5. The Morgan fingerprint density at radius 3 is 2.11 bits per heavy atom. The molecule has 0 spiro atoms. The molecule has 0 amide bonds. The first kappa shape index (κ1) is 24.3. The Labute approximate surface area is 213 Å². The minimum atomic E-state index is 0.0189. The summed E-state index contributed by atoms with van der Waals surface area (Å²) < 4.78 is 5.79. The molecule has 3 aromatic carbocycles. The molecule has 0 bridgehead atoms. The van der Waals surface area contributed by atoms with E-state index >= 15 is 0 Å². The van der Waals surface area contributed by atoms with E-state index in [4.69, 9.17) is 21.8 Å². The number of hydrogen-bond donors (Lipinski definition) is 4. The number of nitrogens with one attached hydrogen (secondary N) is 3. The van der Waals surface area contributed by atoms with E-state index in [9.17, 15) is 0 Å². The first-order valence-corrected chi connectivity index (χ1v) is 11.3. The molecule has 0 aliphatic heterocycles. The third kappa shape index (κ3) is 7.34. The lowest BCUT2D eigenvalue weighted by molar-refractivity contribution is 0.574. The summed E-state index contributed by atoms with van der Waals surface area (Å²) in [5, 5.41) is 11.0. The molecule has 1 aromatic heterocycles. The van der Waals surface area contributed by atoms with Gasteiger partial charge in [0.2, 0.25) is 11.9 Å². The Kier molecular flexibility index (Phi) is 8.14. The zero-order valence-electron chi connectivity index (χ0n) is 19.2. The topological polar surface area (TPSA) is 112 Å². The highest BCUT2D eigenvalue weighted by Gasteiger charge is 2.05. The summed E-state index contributed by atoms with van der Waals surface area (Å²) in [5.41, 5.74) is 11.3. The van der Waals surface area contributed by atoms with Gasteiger partial charge in [0, 0.05) is 22.0 Å². The molecule has 8 nitrogen and oxygen atoms in total. The molecule has 0 saturated heterocycles. The van der Waals surface area contributed by atoms with Crippen LogP contribution in [-0.4, -0.2) is 18.1 Å². The zero-order chi connectivity index (χ0) is 25.2. The molecule has 9 heteroatoms. The summed E-state index contributed by atoms with van der Waals surface area (Å²) in [6.45, 7) is 3.95. The number of nitrogens with zero attached hydrogens (tertiary/aromatic N) is 3. The largest absolute Gasteiger partial charge is 0.455 e. The van der Waals surface area contributed by atoms with Crippen LogP contribution in [0, 0.1) is 0 Å². The second-order valence-corrected chi connectivity index (χ2v) is 7.88. The van der Waals surface area contributed by atoms with Crippen LogP contribution in [-0.2, 0) is 0 Å². The lowest BCUT2D eigenvalue weighted by atomic mass is 10.2. The lowest BCUT2D eigenvalue weighted by Gasteiger charge is -2.09. The van der Waals surface area contributed by atoms with E-state index in [1.807, 2.05) is 78.9 Å². The molecular formula is C27H24ClN7O. The monoisotopic (exact) mass is 497 g/mol.